The van der Waals surface area contributed by atoms with Crippen molar-refractivity contribution in [1.29, 1.82) is 0 Å². The Hall–Kier alpha value is -1.87. The average molecular weight is 551 g/mol. The molecule has 1 aliphatic rings. The summed E-state index contributed by atoms with van der Waals surface area (Å²) in [5, 5.41) is 6.80. The Morgan fingerprint density at radius 3 is 2.28 bits per heavy atom. The number of pyridine rings is 1. The molecule has 1 fully saturated rings. The van der Waals surface area contributed by atoms with E-state index in [0.717, 1.165) is 62.9 Å². The van der Waals surface area contributed by atoms with Crippen LogP contribution >= 0.6 is 24.0 Å². The highest BCUT2D eigenvalue weighted by molar-refractivity contribution is 14.0. The van der Waals surface area contributed by atoms with Crippen LogP contribution in [0.25, 0.3) is 0 Å². The van der Waals surface area contributed by atoms with Crippen molar-refractivity contribution < 1.29 is 0 Å². The van der Waals surface area contributed by atoms with Crippen LogP contribution in [-0.2, 0) is 13.0 Å². The quantitative estimate of drug-likeness (QED) is 0.226. The van der Waals surface area contributed by atoms with Crippen molar-refractivity contribution in [3.8, 4) is 0 Å². The van der Waals surface area contributed by atoms with Gasteiger partial charge in [0.2, 0.25) is 0 Å². The van der Waals surface area contributed by atoms with E-state index in [2.05, 4.69) is 87.7 Å². The maximum Gasteiger partial charge on any atom is 0.191 e. The molecular formula is C25H39IN6. The second kappa shape index (κ2) is 13.6. The van der Waals surface area contributed by atoms with Crippen LogP contribution < -0.4 is 15.5 Å². The number of likely N-dealkylation sites (N-methyl/N-ethyl adjacent to an activating group) is 1. The molecule has 1 aromatic heterocycles. The number of guanidine groups is 1. The van der Waals surface area contributed by atoms with Crippen molar-refractivity contribution >= 4 is 35.8 Å². The average Bonchev–Trinajstić information content (AvgIpc) is 2.80. The summed E-state index contributed by atoms with van der Waals surface area (Å²) < 4.78 is 0. The maximum absolute atomic E-state index is 4.66. The number of anilines is 1. The number of aromatic nitrogens is 1. The summed E-state index contributed by atoms with van der Waals surface area (Å²) in [7, 11) is 3.99. The van der Waals surface area contributed by atoms with Gasteiger partial charge in [-0.25, -0.2) is 4.98 Å². The van der Waals surface area contributed by atoms with Crippen LogP contribution in [0.3, 0.4) is 0 Å². The first kappa shape index (κ1) is 26.4. The van der Waals surface area contributed by atoms with Crippen molar-refractivity contribution in [1.82, 2.24) is 20.5 Å². The van der Waals surface area contributed by atoms with E-state index in [-0.39, 0.29) is 24.0 Å². The van der Waals surface area contributed by atoms with Crippen LogP contribution in [0.1, 0.15) is 42.9 Å². The normalized spacial score (nSPS) is 14.9. The third kappa shape index (κ3) is 8.24. The first-order valence-electron chi connectivity index (χ1n) is 11.5. The molecule has 2 N–H and O–H groups in total. The number of halogens is 1. The van der Waals surface area contributed by atoms with E-state index in [1.807, 2.05) is 13.2 Å². The van der Waals surface area contributed by atoms with Crippen LogP contribution in [-0.4, -0.2) is 62.7 Å². The van der Waals surface area contributed by atoms with Crippen LogP contribution in [0.4, 0.5) is 5.82 Å². The van der Waals surface area contributed by atoms with Gasteiger partial charge >= 0.3 is 0 Å². The minimum atomic E-state index is 0. The van der Waals surface area contributed by atoms with Crippen molar-refractivity contribution in [2.75, 3.05) is 51.7 Å². The van der Waals surface area contributed by atoms with Crippen LogP contribution in [0, 0.1) is 0 Å². The molecule has 0 spiro atoms. The molecule has 2 aromatic rings. The lowest BCUT2D eigenvalue weighted by molar-refractivity contribution is 0.312. The molecule has 1 saturated heterocycles. The van der Waals surface area contributed by atoms with E-state index < -0.39 is 0 Å². The summed E-state index contributed by atoms with van der Waals surface area (Å²) >= 11 is 0. The number of piperazine rings is 1. The number of nitrogens with one attached hydrogen (secondary N) is 2. The zero-order chi connectivity index (χ0) is 22.1. The SMILES string of the molecule is CN=C(NCCCc1ccc(C(C)C)cc1)NCc1ccc(N2CCN(C)CC2)nc1.I. The van der Waals surface area contributed by atoms with Gasteiger partial charge in [0.05, 0.1) is 0 Å². The predicted molar refractivity (Wildman–Crippen MR) is 146 cm³/mol. The predicted octanol–water partition coefficient (Wildman–Crippen LogP) is 3.87. The van der Waals surface area contributed by atoms with E-state index in [1.54, 1.807) is 0 Å². The molecule has 1 aliphatic heterocycles. The highest BCUT2D eigenvalue weighted by Crippen LogP contribution is 2.15. The van der Waals surface area contributed by atoms with Crippen molar-refractivity contribution in [2.24, 2.45) is 4.99 Å². The van der Waals surface area contributed by atoms with Gasteiger partial charge in [0.25, 0.3) is 0 Å². The van der Waals surface area contributed by atoms with E-state index in [1.165, 1.54) is 11.1 Å². The lowest BCUT2D eigenvalue weighted by Crippen LogP contribution is -2.44. The molecule has 32 heavy (non-hydrogen) atoms. The Morgan fingerprint density at radius 2 is 1.69 bits per heavy atom. The molecule has 6 nitrogen and oxygen atoms in total. The monoisotopic (exact) mass is 550 g/mol. The Morgan fingerprint density at radius 1 is 1.00 bits per heavy atom. The van der Waals surface area contributed by atoms with Gasteiger partial charge in [0, 0.05) is 52.5 Å². The fourth-order valence-corrected chi connectivity index (χ4v) is 3.72. The fraction of sp³-hybridized carbons (Fsp3) is 0.520. The molecule has 0 radical (unpaired) electrons. The van der Waals surface area contributed by atoms with Gasteiger partial charge in [-0.15, -0.1) is 24.0 Å². The second-order valence-electron chi connectivity index (χ2n) is 8.67. The Balaban J connectivity index is 0.00000363. The fourth-order valence-electron chi connectivity index (χ4n) is 3.72. The Labute approximate surface area is 210 Å². The summed E-state index contributed by atoms with van der Waals surface area (Å²) in [6.45, 7) is 10.3. The summed E-state index contributed by atoms with van der Waals surface area (Å²) in [5.74, 6) is 2.49. The van der Waals surface area contributed by atoms with Gasteiger partial charge in [-0.1, -0.05) is 44.2 Å². The van der Waals surface area contributed by atoms with Gasteiger partial charge in [-0.3, -0.25) is 4.99 Å². The first-order chi connectivity index (χ1) is 15.0. The third-order valence-corrected chi connectivity index (χ3v) is 5.90. The summed E-state index contributed by atoms with van der Waals surface area (Å²) in [6, 6.07) is 13.3. The Kier molecular flexibility index (Phi) is 11.2. The number of nitrogens with zero attached hydrogens (tertiary/aromatic N) is 4. The molecule has 0 aliphatic carbocycles. The second-order valence-corrected chi connectivity index (χ2v) is 8.67. The summed E-state index contributed by atoms with van der Waals surface area (Å²) in [4.78, 5) is 13.7. The van der Waals surface area contributed by atoms with Crippen molar-refractivity contribution in [3.05, 3.63) is 59.3 Å². The molecule has 0 unspecified atom stereocenters. The molecule has 7 heteroatoms. The molecule has 2 heterocycles. The van der Waals surface area contributed by atoms with E-state index >= 15 is 0 Å². The smallest absolute Gasteiger partial charge is 0.191 e. The summed E-state index contributed by atoms with van der Waals surface area (Å²) in [5.41, 5.74) is 3.95. The molecule has 1 aromatic carbocycles. The molecule has 176 valence electrons. The number of aliphatic imine (C=N–C) groups is 1. The first-order valence-corrected chi connectivity index (χ1v) is 11.5. The van der Waals surface area contributed by atoms with Crippen molar-refractivity contribution in [3.63, 3.8) is 0 Å². The number of benzene rings is 1. The van der Waals surface area contributed by atoms with Crippen LogP contribution in [0.15, 0.2) is 47.6 Å². The minimum absolute atomic E-state index is 0. The van der Waals surface area contributed by atoms with Crippen LogP contribution in [0.5, 0.6) is 0 Å². The number of hydrogen-bond acceptors (Lipinski definition) is 4. The summed E-state index contributed by atoms with van der Waals surface area (Å²) in [6.07, 6.45) is 4.11. The minimum Gasteiger partial charge on any atom is -0.356 e. The highest BCUT2D eigenvalue weighted by atomic mass is 127. The number of aryl methyl sites for hydroxylation is 1. The van der Waals surface area contributed by atoms with E-state index in [9.17, 15) is 0 Å². The highest BCUT2D eigenvalue weighted by Gasteiger charge is 2.14. The lowest BCUT2D eigenvalue weighted by atomic mass is 10.0. The van der Waals surface area contributed by atoms with Crippen LogP contribution in [0.2, 0.25) is 0 Å². The van der Waals surface area contributed by atoms with Gasteiger partial charge in [-0.2, -0.15) is 0 Å². The van der Waals surface area contributed by atoms with Gasteiger partial charge in [-0.05, 0) is 48.6 Å². The molecular weight excluding hydrogens is 511 g/mol. The molecule has 0 atom stereocenters. The van der Waals surface area contributed by atoms with Crippen molar-refractivity contribution in [2.45, 2.75) is 39.2 Å². The van der Waals surface area contributed by atoms with Gasteiger partial charge in [0.15, 0.2) is 5.96 Å². The molecule has 0 bridgehead atoms. The molecule has 0 amide bonds. The number of hydrogen-bond donors (Lipinski definition) is 2. The zero-order valence-electron chi connectivity index (χ0n) is 20.0. The van der Waals surface area contributed by atoms with E-state index in [4.69, 9.17) is 0 Å². The third-order valence-electron chi connectivity index (χ3n) is 5.90. The lowest BCUT2D eigenvalue weighted by Gasteiger charge is -2.33. The number of rotatable bonds is 8. The largest absolute Gasteiger partial charge is 0.356 e. The topological polar surface area (TPSA) is 55.8 Å². The standard InChI is InChI=1S/C25H38N6.HI/c1-20(2)23-10-7-21(8-11-23)6-5-13-27-25(26-3)29-19-22-9-12-24(28-18-22)31-16-14-30(4)15-17-31;/h7-12,18,20H,5-6,13-17,19H2,1-4H3,(H2,26,27,29);1H. The molecule has 3 rings (SSSR count). The van der Waals surface area contributed by atoms with E-state index in [0.29, 0.717) is 12.5 Å². The zero-order valence-corrected chi connectivity index (χ0v) is 22.3. The maximum atomic E-state index is 4.66. The van der Waals surface area contributed by atoms with Gasteiger partial charge in [0.1, 0.15) is 5.82 Å². The van der Waals surface area contributed by atoms with Gasteiger partial charge < -0.3 is 20.4 Å². The Bertz CT molecular complexity index is 811. The molecule has 0 saturated carbocycles.